The molecule has 0 radical (unpaired) electrons. The second-order valence-corrected chi connectivity index (χ2v) is 9.10. The maximum atomic E-state index is 10.7. The predicted octanol–water partition coefficient (Wildman–Crippen LogP) is 7.72. The van der Waals surface area contributed by atoms with E-state index in [-0.39, 0.29) is 6.10 Å². The lowest BCUT2D eigenvalue weighted by atomic mass is 9.83. The lowest BCUT2D eigenvalue weighted by Gasteiger charge is -2.24. The van der Waals surface area contributed by atoms with E-state index >= 15 is 0 Å². The van der Waals surface area contributed by atoms with Crippen molar-refractivity contribution < 1.29 is 5.11 Å². The molecule has 0 saturated heterocycles. The largest absolute Gasteiger partial charge is 0.389 e. The molecule has 0 bridgehead atoms. The van der Waals surface area contributed by atoms with Gasteiger partial charge in [0.15, 0.2) is 0 Å². The zero-order valence-electron chi connectivity index (χ0n) is 18.6. The average molecular weight is 363 g/mol. The van der Waals surface area contributed by atoms with E-state index in [1.165, 1.54) is 24.8 Å². The SMILES string of the molecule is C=CC(C)CCC(CC(O)/C(C)=C\CCC(C)C)C(=C)CCCC(C)C. The van der Waals surface area contributed by atoms with Crippen molar-refractivity contribution in [2.75, 3.05) is 0 Å². The third-order valence-corrected chi connectivity index (χ3v) is 5.47. The van der Waals surface area contributed by atoms with Gasteiger partial charge in [-0.1, -0.05) is 65.3 Å². The molecule has 0 spiro atoms. The zero-order chi connectivity index (χ0) is 20.1. The second kappa shape index (κ2) is 14.3. The summed E-state index contributed by atoms with van der Waals surface area (Å²) in [5.74, 6) is 2.40. The van der Waals surface area contributed by atoms with Gasteiger partial charge in [-0.25, -0.2) is 0 Å². The molecule has 0 aliphatic heterocycles. The summed E-state index contributed by atoms with van der Waals surface area (Å²) in [6, 6.07) is 0. The first-order chi connectivity index (χ1) is 12.2. The van der Waals surface area contributed by atoms with Gasteiger partial charge in [-0.3, -0.25) is 0 Å². The van der Waals surface area contributed by atoms with E-state index in [1.807, 2.05) is 6.08 Å². The van der Waals surface area contributed by atoms with Gasteiger partial charge in [-0.05, 0) is 81.1 Å². The van der Waals surface area contributed by atoms with Gasteiger partial charge >= 0.3 is 0 Å². The quantitative estimate of drug-likeness (QED) is 0.296. The maximum Gasteiger partial charge on any atom is 0.0753 e. The summed E-state index contributed by atoms with van der Waals surface area (Å²) in [6.07, 6.45) is 12.8. The van der Waals surface area contributed by atoms with Crippen LogP contribution in [0.25, 0.3) is 0 Å². The highest BCUT2D eigenvalue weighted by atomic mass is 16.3. The fourth-order valence-electron chi connectivity index (χ4n) is 3.25. The first-order valence-corrected chi connectivity index (χ1v) is 10.8. The molecule has 0 rings (SSSR count). The second-order valence-electron chi connectivity index (χ2n) is 9.10. The first kappa shape index (κ1) is 25.2. The van der Waals surface area contributed by atoms with Crippen LogP contribution in [0.5, 0.6) is 0 Å². The molecule has 0 saturated carbocycles. The van der Waals surface area contributed by atoms with Crippen LogP contribution < -0.4 is 0 Å². The summed E-state index contributed by atoms with van der Waals surface area (Å²) in [6.45, 7) is 21.7. The Balaban J connectivity index is 4.75. The Hall–Kier alpha value is -0.820. The summed E-state index contributed by atoms with van der Waals surface area (Å²) < 4.78 is 0. The fourth-order valence-corrected chi connectivity index (χ4v) is 3.25. The predicted molar refractivity (Wildman–Crippen MR) is 118 cm³/mol. The summed E-state index contributed by atoms with van der Waals surface area (Å²) in [4.78, 5) is 0. The molecule has 26 heavy (non-hydrogen) atoms. The molecule has 1 heteroatoms. The van der Waals surface area contributed by atoms with Crippen molar-refractivity contribution in [2.45, 2.75) is 99.0 Å². The van der Waals surface area contributed by atoms with Crippen LogP contribution in [-0.2, 0) is 0 Å². The van der Waals surface area contributed by atoms with Gasteiger partial charge in [0.25, 0.3) is 0 Å². The average Bonchev–Trinajstić information content (AvgIpc) is 2.56. The molecule has 152 valence electrons. The molecular weight excluding hydrogens is 316 g/mol. The standard InChI is InChI=1S/C25H46O/c1-9-21(6)16-17-24(22(7)14-10-12-19(2)3)18-25(26)23(8)15-11-13-20(4)5/h9,15,19-21,24-26H,1,7,10-14,16-18H2,2-6,8H3/b23-15-. The van der Waals surface area contributed by atoms with E-state index in [1.54, 1.807) is 0 Å². The molecule has 3 unspecified atom stereocenters. The summed E-state index contributed by atoms with van der Waals surface area (Å²) >= 11 is 0. The number of hydrogen-bond acceptors (Lipinski definition) is 1. The highest BCUT2D eigenvalue weighted by molar-refractivity contribution is 5.09. The van der Waals surface area contributed by atoms with Crippen LogP contribution in [0.1, 0.15) is 92.9 Å². The van der Waals surface area contributed by atoms with Gasteiger partial charge in [-0.2, -0.15) is 0 Å². The van der Waals surface area contributed by atoms with E-state index in [0.29, 0.717) is 17.8 Å². The van der Waals surface area contributed by atoms with Crippen molar-refractivity contribution in [1.29, 1.82) is 0 Å². The Labute approximate surface area is 164 Å². The minimum Gasteiger partial charge on any atom is -0.389 e. The smallest absolute Gasteiger partial charge is 0.0753 e. The maximum absolute atomic E-state index is 10.7. The Kier molecular flexibility index (Phi) is 13.8. The van der Waals surface area contributed by atoms with Crippen molar-refractivity contribution >= 4 is 0 Å². The molecule has 0 aliphatic carbocycles. The van der Waals surface area contributed by atoms with Gasteiger partial charge < -0.3 is 5.11 Å². The lowest BCUT2D eigenvalue weighted by Crippen LogP contribution is -2.17. The Bertz CT molecular complexity index is 416. The highest BCUT2D eigenvalue weighted by Crippen LogP contribution is 2.29. The summed E-state index contributed by atoms with van der Waals surface area (Å²) in [7, 11) is 0. The van der Waals surface area contributed by atoms with E-state index < -0.39 is 0 Å². The molecule has 1 N–H and O–H groups in total. The molecule has 1 nitrogen and oxygen atoms in total. The summed E-state index contributed by atoms with van der Waals surface area (Å²) in [5.41, 5.74) is 2.46. The van der Waals surface area contributed by atoms with Crippen LogP contribution in [0.15, 0.2) is 36.5 Å². The van der Waals surface area contributed by atoms with Crippen molar-refractivity contribution in [3.05, 3.63) is 36.5 Å². The van der Waals surface area contributed by atoms with Crippen molar-refractivity contribution in [2.24, 2.45) is 23.7 Å². The molecule has 0 aromatic carbocycles. The number of rotatable bonds is 15. The Morgan fingerprint density at radius 2 is 1.58 bits per heavy atom. The third-order valence-electron chi connectivity index (χ3n) is 5.47. The highest BCUT2D eigenvalue weighted by Gasteiger charge is 2.19. The molecule has 0 fully saturated rings. The van der Waals surface area contributed by atoms with Gasteiger partial charge in [0.1, 0.15) is 0 Å². The molecule has 3 atom stereocenters. The Morgan fingerprint density at radius 3 is 2.12 bits per heavy atom. The minimum atomic E-state index is -0.340. The molecule has 0 heterocycles. The third kappa shape index (κ3) is 12.5. The summed E-state index contributed by atoms with van der Waals surface area (Å²) in [5, 5.41) is 10.7. The van der Waals surface area contributed by atoms with Crippen LogP contribution in [0.2, 0.25) is 0 Å². The van der Waals surface area contributed by atoms with Crippen LogP contribution in [0.4, 0.5) is 0 Å². The molecule has 0 amide bonds. The molecular formula is C25H46O. The van der Waals surface area contributed by atoms with Crippen molar-refractivity contribution in [1.82, 2.24) is 0 Å². The number of allylic oxidation sites excluding steroid dienone is 3. The first-order valence-electron chi connectivity index (χ1n) is 10.8. The monoisotopic (exact) mass is 362 g/mol. The number of aliphatic hydroxyl groups is 1. The number of hydrogen-bond donors (Lipinski definition) is 1. The topological polar surface area (TPSA) is 20.2 Å². The molecule has 0 aromatic rings. The molecule has 0 aromatic heterocycles. The van der Waals surface area contributed by atoms with Crippen LogP contribution in [0.3, 0.4) is 0 Å². The van der Waals surface area contributed by atoms with E-state index in [4.69, 9.17) is 0 Å². The normalized spacial score (nSPS) is 16.0. The van der Waals surface area contributed by atoms with Crippen LogP contribution >= 0.6 is 0 Å². The van der Waals surface area contributed by atoms with Crippen molar-refractivity contribution in [3.63, 3.8) is 0 Å². The van der Waals surface area contributed by atoms with E-state index in [2.05, 4.69) is 60.8 Å². The van der Waals surface area contributed by atoms with Gasteiger partial charge in [0.2, 0.25) is 0 Å². The van der Waals surface area contributed by atoms with E-state index in [0.717, 1.165) is 43.6 Å². The molecule has 0 aliphatic rings. The zero-order valence-corrected chi connectivity index (χ0v) is 18.6. The van der Waals surface area contributed by atoms with E-state index in [9.17, 15) is 5.11 Å². The van der Waals surface area contributed by atoms with Crippen LogP contribution in [0, 0.1) is 23.7 Å². The lowest BCUT2D eigenvalue weighted by molar-refractivity contribution is 0.177. The van der Waals surface area contributed by atoms with Gasteiger partial charge in [0, 0.05) is 0 Å². The minimum absolute atomic E-state index is 0.340. The fraction of sp³-hybridized carbons (Fsp3) is 0.760. The van der Waals surface area contributed by atoms with Gasteiger partial charge in [0.05, 0.1) is 6.10 Å². The van der Waals surface area contributed by atoms with Crippen LogP contribution in [-0.4, -0.2) is 11.2 Å². The van der Waals surface area contributed by atoms with Gasteiger partial charge in [-0.15, -0.1) is 6.58 Å². The van der Waals surface area contributed by atoms with Crippen molar-refractivity contribution in [3.8, 4) is 0 Å². The number of aliphatic hydroxyl groups excluding tert-OH is 1. The Morgan fingerprint density at radius 1 is 0.962 bits per heavy atom.